The molecule has 1 heterocycles. The molecule has 0 radical (unpaired) electrons. The zero-order chi connectivity index (χ0) is 13.7. The zero-order valence-electron chi connectivity index (χ0n) is 11.4. The van der Waals surface area contributed by atoms with Crippen molar-refractivity contribution < 1.29 is 9.59 Å². The second-order valence-electron chi connectivity index (χ2n) is 5.57. The SMILES string of the molecule is CC(C)[C@H](N)C(=O)N1CCCC(CCC(N)=O)C1. The number of nitrogens with two attached hydrogens (primary N) is 2. The van der Waals surface area contributed by atoms with Gasteiger partial charge in [0.25, 0.3) is 0 Å². The van der Waals surface area contributed by atoms with Crippen LogP contribution in [0, 0.1) is 11.8 Å². The van der Waals surface area contributed by atoms with E-state index in [4.69, 9.17) is 11.5 Å². The summed E-state index contributed by atoms with van der Waals surface area (Å²) in [6.45, 7) is 5.41. The summed E-state index contributed by atoms with van der Waals surface area (Å²) < 4.78 is 0. The van der Waals surface area contributed by atoms with Crippen LogP contribution >= 0.6 is 0 Å². The third kappa shape index (κ3) is 4.29. The summed E-state index contributed by atoms with van der Waals surface area (Å²) >= 11 is 0. The summed E-state index contributed by atoms with van der Waals surface area (Å²) in [5, 5.41) is 0. The summed E-state index contributed by atoms with van der Waals surface area (Å²) in [5.74, 6) is 0.309. The zero-order valence-corrected chi connectivity index (χ0v) is 11.4. The highest BCUT2D eigenvalue weighted by Crippen LogP contribution is 2.21. The standard InChI is InChI=1S/C13H25N3O2/c1-9(2)12(15)13(18)16-7-3-4-10(8-16)5-6-11(14)17/h9-10,12H,3-8,15H2,1-2H3,(H2,14,17)/t10?,12-/m0/s1. The second-order valence-corrected chi connectivity index (χ2v) is 5.57. The van der Waals surface area contributed by atoms with Gasteiger partial charge in [-0.1, -0.05) is 13.8 Å². The van der Waals surface area contributed by atoms with Gasteiger partial charge in [-0.05, 0) is 31.1 Å². The predicted octanol–water partition coefficient (Wildman–Crippen LogP) is 0.474. The maximum Gasteiger partial charge on any atom is 0.239 e. The van der Waals surface area contributed by atoms with E-state index in [0.29, 0.717) is 18.9 Å². The van der Waals surface area contributed by atoms with E-state index < -0.39 is 6.04 Å². The lowest BCUT2D eigenvalue weighted by Crippen LogP contribution is -2.50. The van der Waals surface area contributed by atoms with E-state index in [0.717, 1.165) is 25.8 Å². The number of carbonyl (C=O) groups is 2. The van der Waals surface area contributed by atoms with Crippen molar-refractivity contribution in [2.24, 2.45) is 23.3 Å². The van der Waals surface area contributed by atoms with Gasteiger partial charge in [0.2, 0.25) is 11.8 Å². The normalized spacial score (nSPS) is 22.0. The lowest BCUT2D eigenvalue weighted by Gasteiger charge is -2.35. The third-order valence-corrected chi connectivity index (χ3v) is 3.63. The summed E-state index contributed by atoms with van der Waals surface area (Å²) in [7, 11) is 0. The molecule has 1 fully saturated rings. The Morgan fingerprint density at radius 1 is 1.39 bits per heavy atom. The van der Waals surface area contributed by atoms with Gasteiger partial charge in [0.05, 0.1) is 6.04 Å². The smallest absolute Gasteiger partial charge is 0.239 e. The minimum Gasteiger partial charge on any atom is -0.370 e. The molecule has 1 rings (SSSR count). The van der Waals surface area contributed by atoms with E-state index in [-0.39, 0.29) is 17.7 Å². The molecule has 2 amide bonds. The molecule has 5 nitrogen and oxygen atoms in total. The molecular weight excluding hydrogens is 230 g/mol. The van der Waals surface area contributed by atoms with E-state index >= 15 is 0 Å². The Bertz CT molecular complexity index is 305. The maximum atomic E-state index is 12.1. The van der Waals surface area contributed by atoms with Gasteiger partial charge in [0, 0.05) is 19.5 Å². The second kappa shape index (κ2) is 6.73. The van der Waals surface area contributed by atoms with Crippen LogP contribution in [0.1, 0.15) is 39.5 Å². The van der Waals surface area contributed by atoms with E-state index in [1.807, 2.05) is 18.7 Å². The van der Waals surface area contributed by atoms with Crippen molar-refractivity contribution >= 4 is 11.8 Å². The summed E-state index contributed by atoms with van der Waals surface area (Å²) in [4.78, 5) is 24.8. The van der Waals surface area contributed by atoms with Gasteiger partial charge < -0.3 is 16.4 Å². The molecule has 1 aliphatic rings. The highest BCUT2D eigenvalue weighted by atomic mass is 16.2. The number of hydrogen-bond donors (Lipinski definition) is 2. The molecule has 104 valence electrons. The first-order chi connectivity index (χ1) is 8.41. The number of nitrogens with zero attached hydrogens (tertiary/aromatic N) is 1. The van der Waals surface area contributed by atoms with E-state index in [2.05, 4.69) is 0 Å². The van der Waals surface area contributed by atoms with Crippen LogP contribution < -0.4 is 11.5 Å². The van der Waals surface area contributed by atoms with Crippen molar-refractivity contribution in [1.29, 1.82) is 0 Å². The fraction of sp³-hybridized carbons (Fsp3) is 0.846. The van der Waals surface area contributed by atoms with Crippen LogP contribution in [-0.4, -0.2) is 35.8 Å². The Morgan fingerprint density at radius 3 is 2.61 bits per heavy atom. The number of amides is 2. The molecular formula is C13H25N3O2. The molecule has 1 unspecified atom stereocenters. The first-order valence-electron chi connectivity index (χ1n) is 6.74. The van der Waals surface area contributed by atoms with Crippen molar-refractivity contribution in [2.45, 2.75) is 45.6 Å². The van der Waals surface area contributed by atoms with Crippen LogP contribution in [0.5, 0.6) is 0 Å². The molecule has 2 atom stereocenters. The Balaban J connectivity index is 2.47. The fourth-order valence-electron chi connectivity index (χ4n) is 2.34. The van der Waals surface area contributed by atoms with Crippen LogP contribution in [0.15, 0.2) is 0 Å². The van der Waals surface area contributed by atoms with Crippen molar-refractivity contribution in [3.05, 3.63) is 0 Å². The van der Waals surface area contributed by atoms with Crippen molar-refractivity contribution in [3.63, 3.8) is 0 Å². The molecule has 1 aliphatic heterocycles. The van der Waals surface area contributed by atoms with Gasteiger partial charge >= 0.3 is 0 Å². The van der Waals surface area contributed by atoms with Crippen LogP contribution in [0.25, 0.3) is 0 Å². The van der Waals surface area contributed by atoms with Crippen LogP contribution in [-0.2, 0) is 9.59 Å². The van der Waals surface area contributed by atoms with Gasteiger partial charge in [-0.25, -0.2) is 0 Å². The van der Waals surface area contributed by atoms with E-state index in [1.54, 1.807) is 0 Å². The Morgan fingerprint density at radius 2 is 2.06 bits per heavy atom. The Labute approximate surface area is 109 Å². The maximum absolute atomic E-state index is 12.1. The third-order valence-electron chi connectivity index (χ3n) is 3.63. The number of piperidine rings is 1. The lowest BCUT2D eigenvalue weighted by atomic mass is 9.92. The molecule has 0 bridgehead atoms. The topological polar surface area (TPSA) is 89.4 Å². The molecule has 0 aromatic heterocycles. The van der Waals surface area contributed by atoms with Crippen molar-refractivity contribution in [1.82, 2.24) is 4.90 Å². The average Bonchev–Trinajstić information content (AvgIpc) is 2.34. The monoisotopic (exact) mass is 255 g/mol. The number of primary amides is 1. The molecule has 0 spiro atoms. The van der Waals surface area contributed by atoms with Gasteiger partial charge in [-0.2, -0.15) is 0 Å². The Kier molecular flexibility index (Phi) is 5.59. The number of rotatable bonds is 5. The van der Waals surface area contributed by atoms with Crippen molar-refractivity contribution in [2.75, 3.05) is 13.1 Å². The molecule has 18 heavy (non-hydrogen) atoms. The first kappa shape index (κ1) is 15.0. The van der Waals surface area contributed by atoms with Gasteiger partial charge in [0.1, 0.15) is 0 Å². The highest BCUT2D eigenvalue weighted by molar-refractivity contribution is 5.82. The molecule has 4 N–H and O–H groups in total. The van der Waals surface area contributed by atoms with Gasteiger partial charge in [-0.15, -0.1) is 0 Å². The molecule has 0 aliphatic carbocycles. The number of carbonyl (C=O) groups excluding carboxylic acids is 2. The van der Waals surface area contributed by atoms with E-state index in [1.165, 1.54) is 0 Å². The molecule has 0 aromatic carbocycles. The first-order valence-corrected chi connectivity index (χ1v) is 6.74. The number of likely N-dealkylation sites (tertiary alicyclic amines) is 1. The van der Waals surface area contributed by atoms with E-state index in [9.17, 15) is 9.59 Å². The largest absolute Gasteiger partial charge is 0.370 e. The van der Waals surface area contributed by atoms with Crippen LogP contribution in [0.2, 0.25) is 0 Å². The summed E-state index contributed by atoms with van der Waals surface area (Å²) in [6.07, 6.45) is 3.23. The summed E-state index contributed by atoms with van der Waals surface area (Å²) in [5.41, 5.74) is 11.0. The predicted molar refractivity (Wildman–Crippen MR) is 70.5 cm³/mol. The van der Waals surface area contributed by atoms with Crippen molar-refractivity contribution in [3.8, 4) is 0 Å². The lowest BCUT2D eigenvalue weighted by molar-refractivity contribution is -0.135. The highest BCUT2D eigenvalue weighted by Gasteiger charge is 2.28. The van der Waals surface area contributed by atoms with Crippen LogP contribution in [0.4, 0.5) is 0 Å². The quantitative estimate of drug-likeness (QED) is 0.748. The molecule has 5 heteroatoms. The minimum absolute atomic E-state index is 0.0359. The summed E-state index contributed by atoms with van der Waals surface area (Å²) in [6, 6.07) is -0.417. The molecule has 0 saturated carbocycles. The minimum atomic E-state index is -0.417. The van der Waals surface area contributed by atoms with Crippen LogP contribution in [0.3, 0.4) is 0 Å². The van der Waals surface area contributed by atoms with Gasteiger partial charge in [0.15, 0.2) is 0 Å². The number of hydrogen-bond acceptors (Lipinski definition) is 3. The Hall–Kier alpha value is -1.10. The average molecular weight is 255 g/mol. The molecule has 0 aromatic rings. The fourth-order valence-corrected chi connectivity index (χ4v) is 2.34. The van der Waals surface area contributed by atoms with Gasteiger partial charge in [-0.3, -0.25) is 9.59 Å². The molecule has 1 saturated heterocycles.